The Balaban J connectivity index is 1.15. The van der Waals surface area contributed by atoms with E-state index in [1.165, 1.54) is 55.3 Å². The maximum Gasteiger partial charge on any atom is 0.159 e. The van der Waals surface area contributed by atoms with E-state index in [9.17, 15) is 0 Å². The quantitative estimate of drug-likeness (QED) is 0.166. The van der Waals surface area contributed by atoms with Crippen LogP contribution in [0.25, 0.3) is 77.2 Å². The molecular weight excluding hydrogens is 655 g/mol. The molecule has 54 heavy (non-hydrogen) atoms. The smallest absolute Gasteiger partial charge is 0.159 e. The lowest BCUT2D eigenvalue weighted by molar-refractivity contribution is 0.669. The van der Waals surface area contributed by atoms with E-state index in [4.69, 9.17) is 4.42 Å². The normalized spacial score (nSPS) is 11.3. The predicted octanol–water partition coefficient (Wildman–Crippen LogP) is 14.9. The van der Waals surface area contributed by atoms with Crippen LogP contribution in [0.5, 0.6) is 0 Å². The lowest BCUT2D eigenvalue weighted by atomic mass is 9.92. The first-order chi connectivity index (χ1) is 26.8. The van der Waals surface area contributed by atoms with Crippen LogP contribution in [-0.4, -0.2) is 0 Å². The van der Waals surface area contributed by atoms with Gasteiger partial charge in [0.15, 0.2) is 5.58 Å². The van der Waals surface area contributed by atoms with Crippen LogP contribution >= 0.6 is 0 Å². The van der Waals surface area contributed by atoms with Crippen molar-refractivity contribution in [2.75, 3.05) is 4.90 Å². The number of fused-ring (bicyclic) bond motifs is 4. The molecule has 9 aromatic carbocycles. The Hall–Kier alpha value is -7.16. The van der Waals surface area contributed by atoms with Crippen LogP contribution in [0.1, 0.15) is 0 Å². The number of rotatable bonds is 7. The minimum absolute atomic E-state index is 0.860. The van der Waals surface area contributed by atoms with Crippen molar-refractivity contribution in [2.24, 2.45) is 0 Å². The molecule has 0 amide bonds. The molecule has 0 atom stereocenters. The highest BCUT2D eigenvalue weighted by molar-refractivity contribution is 6.10. The summed E-state index contributed by atoms with van der Waals surface area (Å²) >= 11 is 0. The number of hydrogen-bond donors (Lipinski definition) is 0. The molecule has 0 radical (unpaired) electrons. The maximum atomic E-state index is 6.66. The van der Waals surface area contributed by atoms with Gasteiger partial charge in [-0.2, -0.15) is 0 Å². The Morgan fingerprint density at radius 2 is 0.778 bits per heavy atom. The standard InChI is InChI=1S/C52H35NO/c1-4-15-36(16-5-1)42-22-12-25-46-43(23-13-24-45(42)46)39-29-31-40(32-30-39)53(50-27-14-26-48-47-21-10-11-28-51(47)54-52(48)50)41-33-34-44(37-17-6-2-7-18-37)49(35-41)38-19-8-3-9-20-38/h1-35H. The second kappa shape index (κ2) is 13.4. The third-order valence-electron chi connectivity index (χ3n) is 10.5. The van der Waals surface area contributed by atoms with Crippen molar-refractivity contribution in [3.8, 4) is 44.5 Å². The Morgan fingerprint density at radius 3 is 1.43 bits per heavy atom. The first-order valence-corrected chi connectivity index (χ1v) is 18.4. The van der Waals surface area contributed by atoms with Crippen molar-refractivity contribution in [1.29, 1.82) is 0 Å². The van der Waals surface area contributed by atoms with Crippen LogP contribution in [0.2, 0.25) is 0 Å². The highest BCUT2D eigenvalue weighted by Crippen LogP contribution is 2.45. The van der Waals surface area contributed by atoms with E-state index in [-0.39, 0.29) is 0 Å². The Kier molecular flexibility index (Phi) is 7.85. The lowest BCUT2D eigenvalue weighted by Crippen LogP contribution is -2.10. The van der Waals surface area contributed by atoms with E-state index in [1.54, 1.807) is 0 Å². The molecule has 0 saturated heterocycles. The Bertz CT molecular complexity index is 2910. The van der Waals surface area contributed by atoms with Gasteiger partial charge in [0.1, 0.15) is 5.58 Å². The van der Waals surface area contributed by atoms with E-state index < -0.39 is 0 Å². The van der Waals surface area contributed by atoms with Gasteiger partial charge >= 0.3 is 0 Å². The van der Waals surface area contributed by atoms with Crippen LogP contribution in [0.3, 0.4) is 0 Å². The Labute approximate surface area is 314 Å². The Morgan fingerprint density at radius 1 is 0.296 bits per heavy atom. The van der Waals surface area contributed by atoms with Crippen LogP contribution in [-0.2, 0) is 0 Å². The highest BCUT2D eigenvalue weighted by atomic mass is 16.3. The lowest BCUT2D eigenvalue weighted by Gasteiger charge is -2.27. The monoisotopic (exact) mass is 689 g/mol. The molecule has 0 unspecified atom stereocenters. The van der Waals surface area contributed by atoms with Gasteiger partial charge in [-0.15, -0.1) is 0 Å². The minimum atomic E-state index is 0.860. The largest absolute Gasteiger partial charge is 0.454 e. The summed E-state index contributed by atoms with van der Waals surface area (Å²) < 4.78 is 6.66. The van der Waals surface area contributed by atoms with Crippen LogP contribution in [0, 0.1) is 0 Å². The summed E-state index contributed by atoms with van der Waals surface area (Å²) in [5.41, 5.74) is 14.4. The first kappa shape index (κ1) is 31.6. The molecule has 2 nitrogen and oxygen atoms in total. The molecule has 0 aliphatic carbocycles. The summed E-state index contributed by atoms with van der Waals surface area (Å²) in [7, 11) is 0. The van der Waals surface area contributed by atoms with Gasteiger partial charge in [-0.3, -0.25) is 0 Å². The molecule has 0 aliphatic heterocycles. The molecular formula is C52H35NO. The van der Waals surface area contributed by atoms with E-state index in [2.05, 4.69) is 205 Å². The zero-order valence-corrected chi connectivity index (χ0v) is 29.6. The average molecular weight is 690 g/mol. The van der Waals surface area contributed by atoms with Gasteiger partial charge in [0, 0.05) is 22.1 Å². The molecule has 10 rings (SSSR count). The summed E-state index contributed by atoms with van der Waals surface area (Å²) in [5, 5.41) is 4.69. The van der Waals surface area contributed by atoms with Gasteiger partial charge in [-0.1, -0.05) is 176 Å². The molecule has 0 aliphatic rings. The van der Waals surface area contributed by atoms with Gasteiger partial charge in [-0.05, 0) is 91.7 Å². The topological polar surface area (TPSA) is 16.4 Å². The molecule has 0 bridgehead atoms. The fourth-order valence-corrected chi connectivity index (χ4v) is 7.95. The number of nitrogens with zero attached hydrogens (tertiary/aromatic N) is 1. The minimum Gasteiger partial charge on any atom is -0.454 e. The van der Waals surface area contributed by atoms with Crippen molar-refractivity contribution in [1.82, 2.24) is 0 Å². The van der Waals surface area contributed by atoms with Crippen molar-refractivity contribution in [2.45, 2.75) is 0 Å². The summed E-state index contributed by atoms with van der Waals surface area (Å²) in [4.78, 5) is 2.34. The van der Waals surface area contributed by atoms with Gasteiger partial charge in [0.25, 0.3) is 0 Å². The molecule has 1 aromatic heterocycles. The summed E-state index contributed by atoms with van der Waals surface area (Å²) in [6.45, 7) is 0. The van der Waals surface area contributed by atoms with Crippen molar-refractivity contribution >= 4 is 49.8 Å². The number of anilines is 3. The molecule has 254 valence electrons. The van der Waals surface area contributed by atoms with E-state index in [0.29, 0.717) is 0 Å². The molecule has 2 heteroatoms. The fraction of sp³-hybridized carbons (Fsp3) is 0. The van der Waals surface area contributed by atoms with E-state index in [0.717, 1.165) is 39.0 Å². The molecule has 10 aromatic rings. The molecule has 1 heterocycles. The molecule has 0 spiro atoms. The van der Waals surface area contributed by atoms with Gasteiger partial charge < -0.3 is 9.32 Å². The number of furan rings is 1. The SMILES string of the molecule is c1ccc(-c2ccc(N(c3ccc(-c4cccc5c(-c6ccccc6)cccc45)cc3)c3cccc4c3oc3ccccc34)cc2-c2ccccc2)cc1. The van der Waals surface area contributed by atoms with Crippen molar-refractivity contribution < 1.29 is 4.42 Å². The van der Waals surface area contributed by atoms with Crippen molar-refractivity contribution in [3.05, 3.63) is 212 Å². The summed E-state index contributed by atoms with van der Waals surface area (Å²) in [6, 6.07) is 75.8. The molecule has 0 fully saturated rings. The number of benzene rings is 9. The van der Waals surface area contributed by atoms with Crippen LogP contribution in [0.4, 0.5) is 17.1 Å². The zero-order valence-electron chi connectivity index (χ0n) is 29.6. The van der Waals surface area contributed by atoms with Crippen molar-refractivity contribution in [3.63, 3.8) is 0 Å². The van der Waals surface area contributed by atoms with Gasteiger partial charge in [0.2, 0.25) is 0 Å². The van der Waals surface area contributed by atoms with Gasteiger partial charge in [0.05, 0.1) is 5.69 Å². The van der Waals surface area contributed by atoms with E-state index in [1.807, 2.05) is 12.1 Å². The maximum absolute atomic E-state index is 6.66. The highest BCUT2D eigenvalue weighted by Gasteiger charge is 2.21. The summed E-state index contributed by atoms with van der Waals surface area (Å²) in [6.07, 6.45) is 0. The van der Waals surface area contributed by atoms with E-state index >= 15 is 0 Å². The third kappa shape index (κ3) is 5.53. The molecule has 0 N–H and O–H groups in total. The number of hydrogen-bond acceptors (Lipinski definition) is 2. The van der Waals surface area contributed by atoms with Crippen LogP contribution in [0.15, 0.2) is 217 Å². The molecule has 0 saturated carbocycles. The predicted molar refractivity (Wildman–Crippen MR) is 228 cm³/mol. The third-order valence-corrected chi connectivity index (χ3v) is 10.5. The van der Waals surface area contributed by atoms with Gasteiger partial charge in [-0.25, -0.2) is 0 Å². The number of para-hydroxylation sites is 2. The first-order valence-electron chi connectivity index (χ1n) is 18.4. The summed E-state index contributed by atoms with van der Waals surface area (Å²) in [5.74, 6) is 0. The zero-order chi connectivity index (χ0) is 35.8. The fourth-order valence-electron chi connectivity index (χ4n) is 7.95. The second-order valence-corrected chi connectivity index (χ2v) is 13.7. The average Bonchev–Trinajstić information content (AvgIpc) is 3.64. The second-order valence-electron chi connectivity index (χ2n) is 13.7. The van der Waals surface area contributed by atoms with Crippen LogP contribution < -0.4 is 4.90 Å².